The van der Waals surface area contributed by atoms with E-state index in [2.05, 4.69) is 13.8 Å². The van der Waals surface area contributed by atoms with E-state index >= 15 is 0 Å². The van der Waals surface area contributed by atoms with E-state index in [0.717, 1.165) is 19.5 Å². The van der Waals surface area contributed by atoms with Gasteiger partial charge in [0.2, 0.25) is 5.91 Å². The molecule has 0 aliphatic heterocycles. The van der Waals surface area contributed by atoms with Gasteiger partial charge in [0.25, 0.3) is 0 Å². The van der Waals surface area contributed by atoms with Crippen molar-refractivity contribution in [2.75, 3.05) is 26.2 Å². The fraction of sp³-hybridized carbons (Fsp3) is 0.900. The van der Waals surface area contributed by atoms with Crippen molar-refractivity contribution in [1.29, 1.82) is 0 Å². The van der Waals surface area contributed by atoms with Gasteiger partial charge in [-0.1, -0.05) is 20.8 Å². The van der Waals surface area contributed by atoms with Crippen molar-refractivity contribution in [2.24, 2.45) is 16.9 Å². The van der Waals surface area contributed by atoms with Gasteiger partial charge in [0, 0.05) is 0 Å². The highest BCUT2D eigenvalue weighted by molar-refractivity contribution is 5.75. The Morgan fingerprint density at radius 3 is 2.36 bits per heavy atom. The summed E-state index contributed by atoms with van der Waals surface area (Å²) in [6.07, 6.45) is 0.991. The Hall–Kier alpha value is -0.610. The van der Waals surface area contributed by atoms with E-state index in [4.69, 9.17) is 11.5 Å². The summed E-state index contributed by atoms with van der Waals surface area (Å²) in [6.45, 7) is 9.03. The largest absolute Gasteiger partial charge is 0.369 e. The Morgan fingerprint density at radius 2 is 2.00 bits per heavy atom. The highest BCUT2D eigenvalue weighted by Crippen LogP contribution is 2.18. The van der Waals surface area contributed by atoms with Crippen LogP contribution in [0.3, 0.4) is 0 Å². The lowest BCUT2D eigenvalue weighted by Gasteiger charge is -2.26. The van der Waals surface area contributed by atoms with Crippen molar-refractivity contribution in [3.8, 4) is 0 Å². The van der Waals surface area contributed by atoms with Gasteiger partial charge >= 0.3 is 0 Å². The standard InChI is InChI=1S/C10H23N3O/c1-4-13(7-9(12)14)6-5-10(2,3)8-11/h4-8,11H2,1-3H3,(H2,12,14). The average molecular weight is 201 g/mol. The number of hydrogen-bond acceptors (Lipinski definition) is 3. The minimum absolute atomic E-state index is 0.144. The molecule has 84 valence electrons. The number of nitrogens with two attached hydrogens (primary N) is 2. The second-order valence-corrected chi connectivity index (χ2v) is 4.45. The normalized spacial score (nSPS) is 12.1. The molecule has 0 rings (SSSR count). The summed E-state index contributed by atoms with van der Waals surface area (Å²) >= 11 is 0. The van der Waals surface area contributed by atoms with Crippen LogP contribution in [-0.4, -0.2) is 37.0 Å². The quantitative estimate of drug-likeness (QED) is 0.616. The summed E-state index contributed by atoms with van der Waals surface area (Å²) in [4.78, 5) is 12.8. The number of amides is 1. The number of likely N-dealkylation sites (N-methyl/N-ethyl adjacent to an activating group) is 1. The van der Waals surface area contributed by atoms with Crippen LogP contribution in [0.4, 0.5) is 0 Å². The smallest absolute Gasteiger partial charge is 0.231 e. The number of carbonyl (C=O) groups excluding carboxylic acids is 1. The third kappa shape index (κ3) is 5.94. The first kappa shape index (κ1) is 13.4. The van der Waals surface area contributed by atoms with Gasteiger partial charge in [-0.25, -0.2) is 0 Å². The Balaban J connectivity index is 3.89. The van der Waals surface area contributed by atoms with Crippen molar-refractivity contribution in [3.05, 3.63) is 0 Å². The lowest BCUT2D eigenvalue weighted by atomic mass is 9.89. The van der Waals surface area contributed by atoms with E-state index in [9.17, 15) is 4.79 Å². The van der Waals surface area contributed by atoms with E-state index < -0.39 is 0 Å². The maximum absolute atomic E-state index is 10.7. The molecule has 0 saturated carbocycles. The molecule has 4 nitrogen and oxygen atoms in total. The summed E-state index contributed by atoms with van der Waals surface area (Å²) in [5.74, 6) is -0.266. The van der Waals surface area contributed by atoms with Crippen LogP contribution in [0, 0.1) is 5.41 Å². The van der Waals surface area contributed by atoms with Gasteiger partial charge in [0.15, 0.2) is 0 Å². The maximum Gasteiger partial charge on any atom is 0.231 e. The molecule has 0 unspecified atom stereocenters. The van der Waals surface area contributed by atoms with Gasteiger partial charge in [-0.05, 0) is 31.5 Å². The second-order valence-electron chi connectivity index (χ2n) is 4.45. The van der Waals surface area contributed by atoms with Crippen molar-refractivity contribution >= 4 is 5.91 Å². The van der Waals surface area contributed by atoms with Crippen LogP contribution in [0.25, 0.3) is 0 Å². The van der Waals surface area contributed by atoms with E-state index in [-0.39, 0.29) is 11.3 Å². The molecule has 4 N–H and O–H groups in total. The van der Waals surface area contributed by atoms with Crippen molar-refractivity contribution < 1.29 is 4.79 Å². The van der Waals surface area contributed by atoms with Crippen LogP contribution in [0.15, 0.2) is 0 Å². The highest BCUT2D eigenvalue weighted by atomic mass is 16.1. The molecular formula is C10H23N3O. The molecule has 1 amide bonds. The highest BCUT2D eigenvalue weighted by Gasteiger charge is 2.17. The van der Waals surface area contributed by atoms with Gasteiger partial charge in [-0.3, -0.25) is 9.69 Å². The molecule has 0 aliphatic carbocycles. The summed E-state index contributed by atoms with van der Waals surface area (Å²) in [6, 6.07) is 0. The van der Waals surface area contributed by atoms with Crippen LogP contribution in [0.5, 0.6) is 0 Å². The number of rotatable bonds is 7. The number of carbonyl (C=O) groups is 1. The molecule has 0 aromatic carbocycles. The number of hydrogen-bond donors (Lipinski definition) is 2. The predicted molar refractivity (Wildman–Crippen MR) is 58.8 cm³/mol. The zero-order valence-electron chi connectivity index (χ0n) is 9.55. The van der Waals surface area contributed by atoms with Gasteiger partial charge in [0.1, 0.15) is 0 Å². The third-order valence-corrected chi connectivity index (χ3v) is 2.48. The first-order valence-corrected chi connectivity index (χ1v) is 5.12. The lowest BCUT2D eigenvalue weighted by Crippen LogP contribution is -2.37. The van der Waals surface area contributed by atoms with E-state index in [1.165, 1.54) is 0 Å². The molecule has 0 heterocycles. The topological polar surface area (TPSA) is 72.3 Å². The van der Waals surface area contributed by atoms with Gasteiger partial charge < -0.3 is 11.5 Å². The van der Waals surface area contributed by atoms with Gasteiger partial charge in [-0.2, -0.15) is 0 Å². The molecule has 0 spiro atoms. The minimum Gasteiger partial charge on any atom is -0.369 e. The van der Waals surface area contributed by atoms with Crippen LogP contribution in [-0.2, 0) is 4.79 Å². The number of nitrogens with zero attached hydrogens (tertiary/aromatic N) is 1. The van der Waals surface area contributed by atoms with Crippen molar-refractivity contribution in [3.63, 3.8) is 0 Å². The first-order chi connectivity index (χ1) is 6.41. The van der Waals surface area contributed by atoms with E-state index in [0.29, 0.717) is 13.1 Å². The Bertz CT molecular complexity index is 180. The fourth-order valence-corrected chi connectivity index (χ4v) is 1.13. The summed E-state index contributed by atoms with van der Waals surface area (Å²) in [7, 11) is 0. The van der Waals surface area contributed by atoms with Crippen LogP contribution >= 0.6 is 0 Å². The predicted octanol–water partition coefficient (Wildman–Crippen LogP) is 0.169. The average Bonchev–Trinajstić information content (AvgIpc) is 2.12. The Labute approximate surface area is 86.6 Å². The SMILES string of the molecule is CCN(CCC(C)(C)CN)CC(N)=O. The summed E-state index contributed by atoms with van der Waals surface area (Å²) < 4.78 is 0. The molecular weight excluding hydrogens is 178 g/mol. The first-order valence-electron chi connectivity index (χ1n) is 5.12. The zero-order chi connectivity index (χ0) is 11.2. The molecule has 0 aromatic rings. The third-order valence-electron chi connectivity index (χ3n) is 2.48. The van der Waals surface area contributed by atoms with E-state index in [1.54, 1.807) is 0 Å². The van der Waals surface area contributed by atoms with Crippen LogP contribution in [0.1, 0.15) is 27.2 Å². The Kier molecular flexibility index (Phi) is 5.72. The van der Waals surface area contributed by atoms with Crippen LogP contribution < -0.4 is 11.5 Å². The molecule has 14 heavy (non-hydrogen) atoms. The van der Waals surface area contributed by atoms with Crippen LogP contribution in [0.2, 0.25) is 0 Å². The zero-order valence-corrected chi connectivity index (χ0v) is 9.55. The Morgan fingerprint density at radius 1 is 1.43 bits per heavy atom. The van der Waals surface area contributed by atoms with Crippen molar-refractivity contribution in [2.45, 2.75) is 27.2 Å². The molecule has 0 radical (unpaired) electrons. The minimum atomic E-state index is -0.266. The molecule has 0 saturated heterocycles. The molecule has 0 bridgehead atoms. The lowest BCUT2D eigenvalue weighted by molar-refractivity contribution is -0.119. The fourth-order valence-electron chi connectivity index (χ4n) is 1.13. The summed E-state index contributed by atoms with van der Waals surface area (Å²) in [5, 5.41) is 0. The monoisotopic (exact) mass is 201 g/mol. The van der Waals surface area contributed by atoms with Gasteiger partial charge in [-0.15, -0.1) is 0 Å². The molecule has 0 atom stereocenters. The summed E-state index contributed by atoms with van der Waals surface area (Å²) in [5.41, 5.74) is 10.9. The van der Waals surface area contributed by atoms with Gasteiger partial charge in [0.05, 0.1) is 6.54 Å². The second kappa shape index (κ2) is 5.98. The number of primary amides is 1. The maximum atomic E-state index is 10.7. The molecule has 0 aromatic heterocycles. The molecule has 0 fully saturated rings. The van der Waals surface area contributed by atoms with E-state index in [1.807, 2.05) is 11.8 Å². The molecule has 0 aliphatic rings. The molecule has 4 heteroatoms. The van der Waals surface area contributed by atoms with Crippen molar-refractivity contribution in [1.82, 2.24) is 4.90 Å².